The SMILES string of the molecule is CCCCOC(=O)CN1C(=O)S/C(=C\c2cc(Br)c(OCc3ccccc3F)c(OCC)c2)C1=O. The van der Waals surface area contributed by atoms with Gasteiger partial charge in [0.05, 0.1) is 22.6 Å². The standard InChI is InChI=1S/C25H25BrFNO6S/c1-3-5-10-33-22(29)14-28-24(30)21(35-25(28)31)13-16-11-18(26)23(20(12-16)32-4-2)34-15-17-8-6-7-9-19(17)27/h6-9,11-13H,3-5,10,14-15H2,1-2H3/b21-13-. The van der Waals surface area contributed by atoms with Crippen molar-refractivity contribution in [2.75, 3.05) is 19.8 Å². The van der Waals surface area contributed by atoms with Gasteiger partial charge in [-0.2, -0.15) is 0 Å². The van der Waals surface area contributed by atoms with E-state index in [9.17, 15) is 18.8 Å². The van der Waals surface area contributed by atoms with E-state index in [0.717, 1.165) is 23.1 Å². The molecule has 7 nitrogen and oxygen atoms in total. The van der Waals surface area contributed by atoms with Crippen molar-refractivity contribution in [1.29, 1.82) is 0 Å². The third kappa shape index (κ3) is 7.08. The van der Waals surface area contributed by atoms with Crippen LogP contribution in [0.2, 0.25) is 0 Å². The predicted octanol–water partition coefficient (Wildman–Crippen LogP) is 5.95. The van der Waals surface area contributed by atoms with E-state index < -0.39 is 23.7 Å². The third-order valence-electron chi connectivity index (χ3n) is 4.88. The molecule has 1 heterocycles. The third-order valence-corrected chi connectivity index (χ3v) is 6.38. The van der Waals surface area contributed by atoms with Gasteiger partial charge in [0.15, 0.2) is 11.5 Å². The summed E-state index contributed by atoms with van der Waals surface area (Å²) in [5.74, 6) is -0.789. The van der Waals surface area contributed by atoms with E-state index in [1.165, 1.54) is 6.07 Å². The zero-order chi connectivity index (χ0) is 25.4. The van der Waals surface area contributed by atoms with Crippen LogP contribution in [0, 0.1) is 5.82 Å². The highest BCUT2D eigenvalue weighted by atomic mass is 79.9. The lowest BCUT2D eigenvalue weighted by atomic mass is 10.1. The predicted molar refractivity (Wildman–Crippen MR) is 135 cm³/mol. The first kappa shape index (κ1) is 26.7. The summed E-state index contributed by atoms with van der Waals surface area (Å²) in [6.07, 6.45) is 3.12. The Morgan fingerprint density at radius 2 is 1.94 bits per heavy atom. The molecule has 0 atom stereocenters. The molecule has 2 aromatic rings. The molecule has 0 aliphatic carbocycles. The van der Waals surface area contributed by atoms with E-state index in [0.29, 0.717) is 40.1 Å². The van der Waals surface area contributed by atoms with E-state index in [2.05, 4.69) is 15.9 Å². The number of unbranched alkanes of at least 4 members (excludes halogenated alkanes) is 1. The van der Waals surface area contributed by atoms with Crippen molar-refractivity contribution >= 4 is 50.9 Å². The number of carbonyl (C=O) groups excluding carboxylic acids is 3. The van der Waals surface area contributed by atoms with Crippen molar-refractivity contribution < 1.29 is 33.0 Å². The highest BCUT2D eigenvalue weighted by Crippen LogP contribution is 2.39. The molecular formula is C25H25BrFNO6S. The summed E-state index contributed by atoms with van der Waals surface area (Å²) in [4.78, 5) is 38.1. The number of carbonyl (C=O) groups is 3. The summed E-state index contributed by atoms with van der Waals surface area (Å²) in [6.45, 7) is 3.95. The fourth-order valence-electron chi connectivity index (χ4n) is 3.13. The van der Waals surface area contributed by atoms with Crippen molar-refractivity contribution in [2.24, 2.45) is 0 Å². The molecule has 3 rings (SSSR count). The van der Waals surface area contributed by atoms with Crippen LogP contribution in [0.1, 0.15) is 37.8 Å². The summed E-state index contributed by atoms with van der Waals surface area (Å²) in [5.41, 5.74) is 0.974. The Morgan fingerprint density at radius 3 is 2.66 bits per heavy atom. The first-order valence-electron chi connectivity index (χ1n) is 11.1. The average Bonchev–Trinajstić information content (AvgIpc) is 3.07. The maximum absolute atomic E-state index is 14.0. The molecule has 0 N–H and O–H groups in total. The lowest BCUT2D eigenvalue weighted by Gasteiger charge is -2.15. The van der Waals surface area contributed by atoms with Gasteiger partial charge in [0, 0.05) is 5.56 Å². The molecule has 1 aliphatic heterocycles. The van der Waals surface area contributed by atoms with Crippen LogP contribution in [0.4, 0.5) is 9.18 Å². The molecule has 10 heteroatoms. The van der Waals surface area contributed by atoms with E-state index in [1.807, 2.05) is 13.8 Å². The first-order valence-corrected chi connectivity index (χ1v) is 12.7. The van der Waals surface area contributed by atoms with Gasteiger partial charge in [-0.1, -0.05) is 31.5 Å². The monoisotopic (exact) mass is 565 g/mol. The second kappa shape index (κ2) is 12.7. The fraction of sp³-hybridized carbons (Fsp3) is 0.320. The van der Waals surface area contributed by atoms with Crippen molar-refractivity contribution in [3.05, 3.63) is 62.7 Å². The molecule has 1 saturated heterocycles. The largest absolute Gasteiger partial charge is 0.490 e. The van der Waals surface area contributed by atoms with Crippen molar-refractivity contribution in [1.82, 2.24) is 4.90 Å². The second-order valence-electron chi connectivity index (χ2n) is 7.48. The summed E-state index contributed by atoms with van der Waals surface area (Å²) in [5, 5.41) is -0.539. The maximum atomic E-state index is 14.0. The zero-order valence-corrected chi connectivity index (χ0v) is 21.7. The smallest absolute Gasteiger partial charge is 0.326 e. The number of nitrogens with zero attached hydrogens (tertiary/aromatic N) is 1. The number of halogens is 2. The molecular weight excluding hydrogens is 541 g/mol. The summed E-state index contributed by atoms with van der Waals surface area (Å²) in [7, 11) is 0. The number of hydrogen-bond acceptors (Lipinski definition) is 7. The minimum absolute atomic E-state index is 0.00204. The molecule has 1 aliphatic rings. The minimum Gasteiger partial charge on any atom is -0.490 e. The molecule has 0 spiro atoms. The Balaban J connectivity index is 1.77. The Morgan fingerprint density at radius 1 is 1.17 bits per heavy atom. The van der Waals surface area contributed by atoms with E-state index >= 15 is 0 Å². The number of esters is 1. The number of hydrogen-bond donors (Lipinski definition) is 0. The summed E-state index contributed by atoms with van der Waals surface area (Å²) in [6, 6.07) is 9.68. The zero-order valence-electron chi connectivity index (χ0n) is 19.3. The van der Waals surface area contributed by atoms with Gasteiger partial charge in [-0.05, 0) is 70.9 Å². The highest BCUT2D eigenvalue weighted by molar-refractivity contribution is 9.10. The number of benzene rings is 2. The van der Waals surface area contributed by atoms with E-state index in [4.69, 9.17) is 14.2 Å². The second-order valence-corrected chi connectivity index (χ2v) is 9.33. The number of rotatable bonds is 11. The first-order chi connectivity index (χ1) is 16.8. The van der Waals surface area contributed by atoms with Gasteiger partial charge in [0.25, 0.3) is 11.1 Å². The van der Waals surface area contributed by atoms with Crippen LogP contribution < -0.4 is 9.47 Å². The molecule has 0 radical (unpaired) electrons. The number of ether oxygens (including phenoxy) is 3. The summed E-state index contributed by atoms with van der Waals surface area (Å²) < 4.78 is 31.1. The summed E-state index contributed by atoms with van der Waals surface area (Å²) >= 11 is 4.20. The number of imide groups is 1. The molecule has 186 valence electrons. The molecule has 0 saturated carbocycles. The van der Waals surface area contributed by atoms with Crippen LogP contribution in [-0.4, -0.2) is 41.8 Å². The average molecular weight is 566 g/mol. The lowest BCUT2D eigenvalue weighted by Crippen LogP contribution is -2.34. The highest BCUT2D eigenvalue weighted by Gasteiger charge is 2.36. The lowest BCUT2D eigenvalue weighted by molar-refractivity contribution is -0.146. The molecule has 35 heavy (non-hydrogen) atoms. The number of thioether (sulfide) groups is 1. The Bertz CT molecular complexity index is 1140. The normalized spacial score (nSPS) is 14.5. The Hall–Kier alpha value is -2.85. The van der Waals surface area contributed by atoms with Gasteiger partial charge in [-0.3, -0.25) is 19.3 Å². The number of amides is 2. The van der Waals surface area contributed by atoms with Gasteiger partial charge in [0.2, 0.25) is 0 Å². The van der Waals surface area contributed by atoms with Crippen LogP contribution in [0.3, 0.4) is 0 Å². The van der Waals surface area contributed by atoms with Crippen LogP contribution >= 0.6 is 27.7 Å². The van der Waals surface area contributed by atoms with Crippen molar-refractivity contribution in [3.8, 4) is 11.5 Å². The van der Waals surface area contributed by atoms with Gasteiger partial charge in [-0.15, -0.1) is 0 Å². The van der Waals surface area contributed by atoms with Gasteiger partial charge in [0.1, 0.15) is 19.0 Å². The van der Waals surface area contributed by atoms with Crippen LogP contribution in [0.15, 0.2) is 45.8 Å². The Kier molecular flexibility index (Phi) is 9.73. The molecule has 0 bridgehead atoms. The topological polar surface area (TPSA) is 82.1 Å². The molecule has 2 aromatic carbocycles. The van der Waals surface area contributed by atoms with Crippen molar-refractivity contribution in [2.45, 2.75) is 33.3 Å². The van der Waals surface area contributed by atoms with Gasteiger partial charge < -0.3 is 14.2 Å². The molecule has 0 unspecified atom stereocenters. The molecule has 2 amide bonds. The van der Waals surface area contributed by atoms with Crippen molar-refractivity contribution in [3.63, 3.8) is 0 Å². The van der Waals surface area contributed by atoms with E-state index in [1.54, 1.807) is 36.4 Å². The van der Waals surface area contributed by atoms with E-state index in [-0.39, 0.29) is 23.9 Å². The van der Waals surface area contributed by atoms with Crippen LogP contribution in [0.25, 0.3) is 6.08 Å². The quantitative estimate of drug-likeness (QED) is 0.189. The van der Waals surface area contributed by atoms with Crippen LogP contribution in [0.5, 0.6) is 11.5 Å². The Labute approximate surface area is 215 Å². The molecule has 1 fully saturated rings. The molecule has 0 aromatic heterocycles. The maximum Gasteiger partial charge on any atom is 0.326 e. The van der Waals surface area contributed by atoms with Gasteiger partial charge in [-0.25, -0.2) is 4.39 Å². The van der Waals surface area contributed by atoms with Crippen LogP contribution in [-0.2, 0) is 20.9 Å². The minimum atomic E-state index is -0.625. The fourth-order valence-corrected chi connectivity index (χ4v) is 4.54. The van der Waals surface area contributed by atoms with Gasteiger partial charge >= 0.3 is 5.97 Å².